The molecule has 0 aromatic heterocycles. The van der Waals surface area contributed by atoms with Gasteiger partial charge in [0.2, 0.25) is 0 Å². The first kappa shape index (κ1) is 47.0. The van der Waals surface area contributed by atoms with Crippen LogP contribution in [0.25, 0.3) is 0 Å². The topological polar surface area (TPSA) is 301 Å². The quantitative estimate of drug-likeness (QED) is 0.112. The fourth-order valence-electron chi connectivity index (χ4n) is 3.42. The number of carbonyl (C=O) groups excluding carboxylic acids is 1. The minimum Gasteiger partial charge on any atom is -0.545 e. The zero-order valence-electron chi connectivity index (χ0n) is 25.5. The molecular weight excluding hydrogens is 754 g/mol. The van der Waals surface area contributed by atoms with Crippen molar-refractivity contribution in [3.8, 4) is 0 Å². The van der Waals surface area contributed by atoms with Crippen LogP contribution >= 0.6 is 0 Å². The zero-order chi connectivity index (χ0) is 36.6. The first-order valence-corrected chi connectivity index (χ1v) is 12.7. The van der Waals surface area contributed by atoms with Crippen molar-refractivity contribution in [3.63, 3.8) is 0 Å². The normalized spacial score (nSPS) is 8.96. The number of aromatic carboxylic acids is 8. The van der Waals surface area contributed by atoms with E-state index in [2.05, 4.69) is 0 Å². The minimum atomic E-state index is -1.48. The molecule has 4 aromatic carbocycles. The maximum Gasteiger partial charge on any atom is 1.00 e. The van der Waals surface area contributed by atoms with Gasteiger partial charge in [-0.2, -0.15) is 0 Å². The first-order valence-electron chi connectivity index (χ1n) is 12.7. The molecule has 0 saturated carbocycles. The van der Waals surface area contributed by atoms with E-state index >= 15 is 0 Å². The van der Waals surface area contributed by atoms with Crippen LogP contribution in [0.4, 0.5) is 0 Å². The molecule has 4 aromatic rings. The molecule has 0 fully saturated rings. The molecule has 0 heterocycles. The van der Waals surface area contributed by atoms with Crippen molar-refractivity contribution in [3.05, 3.63) is 142 Å². The van der Waals surface area contributed by atoms with Gasteiger partial charge in [0.25, 0.3) is 0 Å². The Bertz CT molecular complexity index is 1470. The average molecular weight is 778 g/mol. The van der Waals surface area contributed by atoms with Crippen LogP contribution in [0.1, 0.15) is 82.9 Å². The van der Waals surface area contributed by atoms with E-state index in [1.54, 1.807) is 0 Å². The summed E-state index contributed by atoms with van der Waals surface area (Å²) < 4.78 is 0. The van der Waals surface area contributed by atoms with Gasteiger partial charge in [0.05, 0.1) is 44.9 Å². The van der Waals surface area contributed by atoms with Crippen LogP contribution in [0.15, 0.2) is 97.1 Å². The summed E-state index contributed by atoms with van der Waals surface area (Å²) in [6.45, 7) is 0. The SMILES string of the molecule is O=C(O)c1ccccc1C(=O)O.O=C(O)c1ccccc1C(=O)O.O=C(O)c1ccccc1C(=O)O.O=C([O-])c1ccccc1C(=O)O.[As].[K+]. The van der Waals surface area contributed by atoms with E-state index in [1.807, 2.05) is 0 Å². The molecule has 18 heteroatoms. The number of hydrogen-bond acceptors (Lipinski definition) is 9. The molecule has 0 amide bonds. The molecule has 0 spiro atoms. The van der Waals surface area contributed by atoms with E-state index in [4.69, 9.17) is 35.7 Å². The van der Waals surface area contributed by atoms with E-state index < -0.39 is 47.8 Å². The molecule has 0 aliphatic heterocycles. The van der Waals surface area contributed by atoms with E-state index in [1.165, 1.54) is 97.1 Å². The summed E-state index contributed by atoms with van der Waals surface area (Å²) in [6, 6.07) is 21.7. The molecule has 3 radical (unpaired) electrons. The molecule has 0 saturated heterocycles. The van der Waals surface area contributed by atoms with E-state index in [0.717, 1.165) is 0 Å². The summed E-state index contributed by atoms with van der Waals surface area (Å²) in [7, 11) is 0. The summed E-state index contributed by atoms with van der Waals surface area (Å²) in [4.78, 5) is 83.6. The molecule has 0 aliphatic rings. The fourth-order valence-corrected chi connectivity index (χ4v) is 3.42. The minimum absolute atomic E-state index is 0. The van der Waals surface area contributed by atoms with Crippen LogP contribution in [-0.4, -0.2) is 101 Å². The van der Waals surface area contributed by atoms with Gasteiger partial charge in [-0.1, -0.05) is 54.6 Å². The standard InChI is InChI=1S/4C8H6O4.As.K/c4*9-7(10)5-3-1-2-4-6(5)8(11)12;;/h4*1-4H,(H,9,10)(H,11,12);;/q;;;;;+1/p-1. The summed E-state index contributed by atoms with van der Waals surface area (Å²) in [5.74, 6) is -10.1. The fraction of sp³-hybridized carbons (Fsp3) is 0. The Kier molecular flexibility index (Phi) is 21.8. The van der Waals surface area contributed by atoms with Crippen molar-refractivity contribution in [1.29, 1.82) is 0 Å². The Hall–Kier alpha value is -5.17. The summed E-state index contributed by atoms with van der Waals surface area (Å²) in [5, 5.41) is 70.2. The Morgan fingerprint density at radius 1 is 0.320 bits per heavy atom. The third kappa shape index (κ3) is 14.9. The van der Waals surface area contributed by atoms with Gasteiger partial charge in [-0.05, 0) is 42.5 Å². The number of carbonyl (C=O) groups is 8. The summed E-state index contributed by atoms with van der Waals surface area (Å²) >= 11 is 0. The predicted octanol–water partition coefficient (Wildman–Crippen LogP) is -0.379. The molecule has 4 rings (SSSR count). The van der Waals surface area contributed by atoms with Gasteiger partial charge in [0.15, 0.2) is 0 Å². The maximum atomic E-state index is 10.5. The van der Waals surface area contributed by atoms with Crippen LogP contribution in [0, 0.1) is 0 Å². The molecule has 0 bridgehead atoms. The van der Waals surface area contributed by atoms with E-state index in [0.29, 0.717) is 0 Å². The number of carboxylic acid groups (broad SMARTS) is 8. The molecule has 0 unspecified atom stereocenters. The Morgan fingerprint density at radius 2 is 0.440 bits per heavy atom. The molecule has 7 N–H and O–H groups in total. The largest absolute Gasteiger partial charge is 1.00 e. The van der Waals surface area contributed by atoms with Crippen LogP contribution in [-0.2, 0) is 0 Å². The Balaban J connectivity index is 0. The second-order valence-corrected chi connectivity index (χ2v) is 8.61. The maximum absolute atomic E-state index is 10.5. The van der Waals surface area contributed by atoms with E-state index in [-0.39, 0.29) is 114 Å². The first-order chi connectivity index (χ1) is 22.5. The molecular formula is C32H23AsKO16. The number of carboxylic acids is 8. The molecule has 0 atom stereocenters. The van der Waals surface area contributed by atoms with Crippen molar-refractivity contribution < 1.29 is 131 Å². The van der Waals surface area contributed by atoms with Gasteiger partial charge in [-0.25, -0.2) is 33.6 Å². The van der Waals surface area contributed by atoms with Gasteiger partial charge in [0.1, 0.15) is 0 Å². The molecule has 50 heavy (non-hydrogen) atoms. The second-order valence-electron chi connectivity index (χ2n) is 8.61. The number of rotatable bonds is 8. The predicted molar refractivity (Wildman–Crippen MR) is 165 cm³/mol. The molecule has 0 aliphatic carbocycles. The third-order valence-corrected chi connectivity index (χ3v) is 5.54. The van der Waals surface area contributed by atoms with Crippen molar-refractivity contribution in [2.75, 3.05) is 0 Å². The van der Waals surface area contributed by atoms with Crippen molar-refractivity contribution in [2.45, 2.75) is 0 Å². The summed E-state index contributed by atoms with van der Waals surface area (Å²) in [5.41, 5.74) is -1.69. The Labute approximate surface area is 335 Å². The van der Waals surface area contributed by atoms with Gasteiger partial charge >= 0.3 is 93.2 Å². The Morgan fingerprint density at radius 3 is 0.540 bits per heavy atom. The van der Waals surface area contributed by atoms with Crippen molar-refractivity contribution in [2.24, 2.45) is 0 Å². The van der Waals surface area contributed by atoms with Crippen molar-refractivity contribution in [1.82, 2.24) is 0 Å². The van der Waals surface area contributed by atoms with Gasteiger partial charge in [-0.15, -0.1) is 0 Å². The van der Waals surface area contributed by atoms with Crippen LogP contribution in [0.5, 0.6) is 0 Å². The van der Waals surface area contributed by atoms with E-state index in [9.17, 15) is 43.5 Å². The second kappa shape index (κ2) is 23.2. The van der Waals surface area contributed by atoms with Crippen LogP contribution < -0.4 is 56.5 Å². The zero-order valence-corrected chi connectivity index (χ0v) is 30.5. The number of hydrogen-bond donors (Lipinski definition) is 7. The van der Waals surface area contributed by atoms with Crippen LogP contribution in [0.2, 0.25) is 0 Å². The van der Waals surface area contributed by atoms with Gasteiger partial charge < -0.3 is 45.6 Å². The average Bonchev–Trinajstić information content (AvgIpc) is 3.05. The third-order valence-electron chi connectivity index (χ3n) is 5.54. The smallest absolute Gasteiger partial charge is 0.545 e. The monoisotopic (exact) mass is 777 g/mol. The molecule has 16 nitrogen and oxygen atoms in total. The van der Waals surface area contributed by atoms with Gasteiger partial charge in [0, 0.05) is 23.5 Å². The van der Waals surface area contributed by atoms with Crippen LogP contribution in [0.3, 0.4) is 0 Å². The summed E-state index contributed by atoms with van der Waals surface area (Å²) in [6.07, 6.45) is 0. The van der Waals surface area contributed by atoms with Gasteiger partial charge in [-0.3, -0.25) is 0 Å². The number of benzene rings is 4. The molecule has 253 valence electrons. The van der Waals surface area contributed by atoms with Crippen molar-refractivity contribution >= 4 is 65.7 Å².